The summed E-state index contributed by atoms with van der Waals surface area (Å²) in [7, 11) is 3.45. The molecule has 24 heavy (non-hydrogen) atoms. The molecule has 1 aliphatic rings. The molecule has 0 saturated carbocycles. The number of halogens is 1. The first-order valence-corrected chi connectivity index (χ1v) is 8.71. The van der Waals surface area contributed by atoms with Crippen LogP contribution in [0.4, 0.5) is 5.69 Å². The van der Waals surface area contributed by atoms with E-state index in [1.807, 2.05) is 50.4 Å². The molecule has 1 heterocycles. The van der Waals surface area contributed by atoms with Gasteiger partial charge in [0.05, 0.1) is 19.6 Å². The van der Waals surface area contributed by atoms with E-state index in [9.17, 15) is 4.79 Å². The van der Waals surface area contributed by atoms with Gasteiger partial charge >= 0.3 is 0 Å². The van der Waals surface area contributed by atoms with Gasteiger partial charge in [0.25, 0.3) is 0 Å². The first-order chi connectivity index (χ1) is 11.5. The van der Waals surface area contributed by atoms with Crippen LogP contribution in [0.3, 0.4) is 0 Å². The summed E-state index contributed by atoms with van der Waals surface area (Å²) in [6, 6.07) is 11.8. The summed E-state index contributed by atoms with van der Waals surface area (Å²) in [6.07, 6.45) is 0.636. The molecule has 3 rings (SSSR count). The van der Waals surface area contributed by atoms with Crippen LogP contribution in [0.5, 0.6) is 11.5 Å². The van der Waals surface area contributed by atoms with Crippen molar-refractivity contribution < 1.29 is 14.3 Å². The summed E-state index contributed by atoms with van der Waals surface area (Å²) in [6.45, 7) is 2.51. The molecular formula is C19H20BrNO3. The van der Waals surface area contributed by atoms with E-state index in [0.29, 0.717) is 24.5 Å². The van der Waals surface area contributed by atoms with Crippen LogP contribution in [0.25, 0.3) is 0 Å². The minimum Gasteiger partial charge on any atom is -0.493 e. The molecule has 2 aromatic carbocycles. The molecule has 1 aliphatic heterocycles. The van der Waals surface area contributed by atoms with E-state index in [0.717, 1.165) is 21.3 Å². The Bertz CT molecular complexity index is 775. The van der Waals surface area contributed by atoms with E-state index in [1.54, 1.807) is 12.0 Å². The molecular weight excluding hydrogens is 370 g/mol. The standard InChI is InChI=1S/C19H20BrNO3/c1-4-24-18-10-12(5-8-17(18)23-3)9-15-14-11-13(20)6-7-16(14)21(2)19(15)22/h5-8,10-11,15H,4,9H2,1-3H3/t15-/m1/s1. The quantitative estimate of drug-likeness (QED) is 0.770. The van der Waals surface area contributed by atoms with E-state index in [2.05, 4.69) is 15.9 Å². The van der Waals surface area contributed by atoms with Crippen molar-refractivity contribution in [3.05, 3.63) is 52.0 Å². The Kier molecular flexibility index (Phi) is 4.81. The molecule has 0 unspecified atom stereocenters. The number of ether oxygens (including phenoxy) is 2. The highest BCUT2D eigenvalue weighted by atomic mass is 79.9. The molecule has 0 radical (unpaired) electrons. The lowest BCUT2D eigenvalue weighted by atomic mass is 9.93. The zero-order valence-corrected chi connectivity index (χ0v) is 15.6. The Morgan fingerprint density at radius 1 is 1.17 bits per heavy atom. The number of hydrogen-bond donors (Lipinski definition) is 0. The Balaban J connectivity index is 1.93. The fraction of sp³-hybridized carbons (Fsp3) is 0.316. The number of anilines is 1. The molecule has 0 fully saturated rings. The first kappa shape index (κ1) is 16.8. The molecule has 4 nitrogen and oxygen atoms in total. The van der Waals surface area contributed by atoms with Crippen molar-refractivity contribution in [2.75, 3.05) is 25.7 Å². The van der Waals surface area contributed by atoms with E-state index in [-0.39, 0.29) is 11.8 Å². The molecule has 2 aromatic rings. The topological polar surface area (TPSA) is 38.8 Å². The van der Waals surface area contributed by atoms with Crippen molar-refractivity contribution in [2.24, 2.45) is 0 Å². The number of likely N-dealkylation sites (N-methyl/N-ethyl adjacent to an activating group) is 1. The van der Waals surface area contributed by atoms with E-state index in [1.165, 1.54) is 0 Å². The second kappa shape index (κ2) is 6.85. The van der Waals surface area contributed by atoms with Crippen LogP contribution in [0.2, 0.25) is 0 Å². The Morgan fingerprint density at radius 2 is 1.96 bits per heavy atom. The van der Waals surface area contributed by atoms with Gasteiger partial charge < -0.3 is 14.4 Å². The average molecular weight is 390 g/mol. The van der Waals surface area contributed by atoms with Crippen LogP contribution >= 0.6 is 15.9 Å². The summed E-state index contributed by atoms with van der Waals surface area (Å²) < 4.78 is 12.0. The van der Waals surface area contributed by atoms with Gasteiger partial charge in [-0.15, -0.1) is 0 Å². The molecule has 0 aromatic heterocycles. The first-order valence-electron chi connectivity index (χ1n) is 7.92. The number of fused-ring (bicyclic) bond motifs is 1. The smallest absolute Gasteiger partial charge is 0.234 e. The molecule has 0 spiro atoms. The van der Waals surface area contributed by atoms with Gasteiger partial charge in [0, 0.05) is 17.2 Å². The minimum absolute atomic E-state index is 0.122. The van der Waals surface area contributed by atoms with Gasteiger partial charge in [-0.1, -0.05) is 22.0 Å². The third-order valence-electron chi connectivity index (χ3n) is 4.32. The van der Waals surface area contributed by atoms with Gasteiger partial charge in [0.2, 0.25) is 5.91 Å². The average Bonchev–Trinajstić information content (AvgIpc) is 2.80. The van der Waals surface area contributed by atoms with Crippen molar-refractivity contribution in [2.45, 2.75) is 19.3 Å². The Morgan fingerprint density at radius 3 is 2.67 bits per heavy atom. The van der Waals surface area contributed by atoms with Gasteiger partial charge in [-0.2, -0.15) is 0 Å². The number of nitrogens with zero attached hydrogens (tertiary/aromatic N) is 1. The number of amides is 1. The predicted molar refractivity (Wildman–Crippen MR) is 98.2 cm³/mol. The molecule has 5 heteroatoms. The highest BCUT2D eigenvalue weighted by molar-refractivity contribution is 9.10. The molecule has 0 bridgehead atoms. The lowest BCUT2D eigenvalue weighted by Crippen LogP contribution is -2.24. The minimum atomic E-state index is -0.176. The SMILES string of the molecule is CCOc1cc(C[C@H]2C(=O)N(C)c3ccc(Br)cc32)ccc1OC. The van der Waals surface area contributed by atoms with E-state index < -0.39 is 0 Å². The van der Waals surface area contributed by atoms with Gasteiger partial charge in [0.1, 0.15) is 0 Å². The summed E-state index contributed by atoms with van der Waals surface area (Å²) in [4.78, 5) is 14.4. The third-order valence-corrected chi connectivity index (χ3v) is 4.82. The number of carbonyl (C=O) groups is 1. The number of methoxy groups -OCH3 is 1. The van der Waals surface area contributed by atoms with Crippen LogP contribution in [0.15, 0.2) is 40.9 Å². The van der Waals surface area contributed by atoms with Crippen molar-refractivity contribution >= 4 is 27.5 Å². The molecule has 0 saturated heterocycles. The number of carbonyl (C=O) groups excluding carboxylic acids is 1. The van der Waals surface area contributed by atoms with Crippen LogP contribution < -0.4 is 14.4 Å². The maximum absolute atomic E-state index is 12.7. The van der Waals surface area contributed by atoms with Gasteiger partial charge in [-0.25, -0.2) is 0 Å². The maximum atomic E-state index is 12.7. The van der Waals surface area contributed by atoms with Gasteiger partial charge in [-0.05, 0) is 54.8 Å². The van der Waals surface area contributed by atoms with E-state index in [4.69, 9.17) is 9.47 Å². The second-order valence-electron chi connectivity index (χ2n) is 5.78. The third kappa shape index (κ3) is 3.00. The van der Waals surface area contributed by atoms with Gasteiger partial charge in [0.15, 0.2) is 11.5 Å². The summed E-state index contributed by atoms with van der Waals surface area (Å²) in [5, 5.41) is 0. The summed E-state index contributed by atoms with van der Waals surface area (Å²) >= 11 is 3.50. The van der Waals surface area contributed by atoms with Crippen molar-refractivity contribution in [1.29, 1.82) is 0 Å². The second-order valence-corrected chi connectivity index (χ2v) is 6.69. The highest BCUT2D eigenvalue weighted by Crippen LogP contribution is 2.40. The van der Waals surface area contributed by atoms with Crippen molar-refractivity contribution in [1.82, 2.24) is 0 Å². The monoisotopic (exact) mass is 389 g/mol. The lowest BCUT2D eigenvalue weighted by Gasteiger charge is -2.14. The van der Waals surface area contributed by atoms with Gasteiger partial charge in [-0.3, -0.25) is 4.79 Å². The zero-order chi connectivity index (χ0) is 17.3. The Hall–Kier alpha value is -2.01. The van der Waals surface area contributed by atoms with Crippen LogP contribution in [0.1, 0.15) is 24.0 Å². The molecule has 126 valence electrons. The fourth-order valence-electron chi connectivity index (χ4n) is 3.14. The zero-order valence-electron chi connectivity index (χ0n) is 14.0. The molecule has 0 aliphatic carbocycles. The van der Waals surface area contributed by atoms with Crippen molar-refractivity contribution in [3.63, 3.8) is 0 Å². The molecule has 0 N–H and O–H groups in total. The fourth-order valence-corrected chi connectivity index (χ4v) is 3.52. The number of hydrogen-bond acceptors (Lipinski definition) is 3. The lowest BCUT2D eigenvalue weighted by molar-refractivity contribution is -0.119. The van der Waals surface area contributed by atoms with Crippen LogP contribution in [-0.4, -0.2) is 26.7 Å². The molecule has 1 atom stereocenters. The predicted octanol–water partition coefficient (Wildman–Crippen LogP) is 4.16. The van der Waals surface area contributed by atoms with Crippen LogP contribution in [-0.2, 0) is 11.2 Å². The van der Waals surface area contributed by atoms with E-state index >= 15 is 0 Å². The number of rotatable bonds is 5. The Labute approximate surface area is 150 Å². The number of benzene rings is 2. The maximum Gasteiger partial charge on any atom is 0.234 e. The summed E-state index contributed by atoms with van der Waals surface area (Å²) in [5.74, 6) is 1.37. The summed E-state index contributed by atoms with van der Waals surface area (Å²) in [5.41, 5.74) is 3.09. The highest BCUT2D eigenvalue weighted by Gasteiger charge is 2.35. The normalized spacial score (nSPS) is 16.2. The largest absolute Gasteiger partial charge is 0.493 e. The van der Waals surface area contributed by atoms with Crippen molar-refractivity contribution in [3.8, 4) is 11.5 Å². The molecule has 1 amide bonds. The van der Waals surface area contributed by atoms with Crippen LogP contribution in [0, 0.1) is 0 Å².